The number of hydrogen-bond donors (Lipinski definition) is 1. The Morgan fingerprint density at radius 2 is 2.00 bits per heavy atom. The zero-order valence-electron chi connectivity index (χ0n) is 19.2. The van der Waals surface area contributed by atoms with Gasteiger partial charge in [-0.2, -0.15) is 0 Å². The number of Topliss-reactive ketones (excluding diaryl/α,β-unsaturated/α-hetero) is 1. The summed E-state index contributed by atoms with van der Waals surface area (Å²) in [4.78, 5) is 33.1. The van der Waals surface area contributed by atoms with Crippen molar-refractivity contribution in [2.24, 2.45) is 0 Å². The van der Waals surface area contributed by atoms with Crippen LogP contribution in [-0.4, -0.2) is 54.2 Å². The van der Waals surface area contributed by atoms with Crippen LogP contribution in [0.25, 0.3) is 6.08 Å². The molecule has 1 saturated carbocycles. The Bertz CT molecular complexity index is 904. The molecule has 7 heteroatoms. The maximum Gasteiger partial charge on any atom is 0.267 e. The third-order valence-corrected chi connectivity index (χ3v) is 7.38. The Kier molecular flexibility index (Phi) is 6.81. The Morgan fingerprint density at radius 3 is 2.82 bits per heavy atom. The topological polar surface area (TPSA) is 77.1 Å². The van der Waals surface area contributed by atoms with Gasteiger partial charge in [0.1, 0.15) is 11.4 Å². The third-order valence-electron chi connectivity index (χ3n) is 7.38. The predicted molar refractivity (Wildman–Crippen MR) is 124 cm³/mol. The fourth-order valence-corrected chi connectivity index (χ4v) is 5.69. The van der Waals surface area contributed by atoms with E-state index in [4.69, 9.17) is 14.3 Å². The average molecular weight is 455 g/mol. The van der Waals surface area contributed by atoms with E-state index < -0.39 is 5.60 Å². The molecule has 3 heterocycles. The second-order valence-electron chi connectivity index (χ2n) is 9.87. The minimum absolute atomic E-state index is 0.127. The molecule has 2 atom stereocenters. The number of amides is 1. The summed E-state index contributed by atoms with van der Waals surface area (Å²) in [6, 6.07) is 6.22. The molecule has 2 unspecified atom stereocenters. The first-order valence-corrected chi connectivity index (χ1v) is 12.5. The van der Waals surface area contributed by atoms with Crippen LogP contribution in [0.15, 0.2) is 24.3 Å². The smallest absolute Gasteiger partial charge is 0.267 e. The van der Waals surface area contributed by atoms with Crippen molar-refractivity contribution >= 4 is 17.8 Å². The van der Waals surface area contributed by atoms with Crippen LogP contribution in [0.2, 0.25) is 0 Å². The van der Waals surface area contributed by atoms with Crippen molar-refractivity contribution < 1.29 is 23.9 Å². The zero-order valence-corrected chi connectivity index (χ0v) is 19.2. The molecule has 0 bridgehead atoms. The number of piperidine rings is 1. The molecule has 3 fully saturated rings. The van der Waals surface area contributed by atoms with E-state index >= 15 is 0 Å². The summed E-state index contributed by atoms with van der Waals surface area (Å²) >= 11 is 0. The van der Waals surface area contributed by atoms with Crippen molar-refractivity contribution in [1.29, 1.82) is 0 Å². The van der Waals surface area contributed by atoms with Crippen LogP contribution in [0.1, 0.15) is 80.1 Å². The summed E-state index contributed by atoms with van der Waals surface area (Å²) < 4.78 is 11.9. The lowest BCUT2D eigenvalue weighted by Crippen LogP contribution is -2.56. The van der Waals surface area contributed by atoms with Gasteiger partial charge < -0.3 is 9.47 Å². The van der Waals surface area contributed by atoms with Crippen LogP contribution in [0, 0.1) is 0 Å². The number of carbonyl (C=O) groups is 2. The molecule has 33 heavy (non-hydrogen) atoms. The quantitative estimate of drug-likeness (QED) is 0.535. The van der Waals surface area contributed by atoms with E-state index in [1.54, 1.807) is 6.08 Å². The van der Waals surface area contributed by atoms with Crippen LogP contribution >= 0.6 is 0 Å². The number of benzene rings is 1. The van der Waals surface area contributed by atoms with Crippen LogP contribution in [0.5, 0.6) is 5.75 Å². The largest absolute Gasteiger partial charge is 0.485 e. The fraction of sp³-hybridized carbons (Fsp3) is 0.615. The molecule has 1 N–H and O–H groups in total. The molecule has 0 aromatic heterocycles. The molecule has 2 saturated heterocycles. The molecule has 4 aliphatic rings. The Labute approximate surface area is 195 Å². The normalized spacial score (nSPS) is 28.7. The number of ketones is 1. The highest BCUT2D eigenvalue weighted by atomic mass is 16.8. The average Bonchev–Trinajstić information content (AvgIpc) is 3.37. The molecule has 0 radical (unpaired) electrons. The van der Waals surface area contributed by atoms with Gasteiger partial charge in [-0.25, -0.2) is 10.3 Å². The molecule has 5 rings (SSSR count). The Balaban J connectivity index is 1.21. The van der Waals surface area contributed by atoms with Gasteiger partial charge in [0, 0.05) is 31.7 Å². The van der Waals surface area contributed by atoms with E-state index in [-0.39, 0.29) is 18.0 Å². The molecular formula is C26H34N2O5. The van der Waals surface area contributed by atoms with E-state index in [0.29, 0.717) is 30.4 Å². The second-order valence-corrected chi connectivity index (χ2v) is 9.87. The molecule has 178 valence electrons. The molecule has 1 amide bonds. The Hall–Kier alpha value is -2.22. The molecule has 3 aliphatic heterocycles. The lowest BCUT2D eigenvalue weighted by molar-refractivity contribution is -0.198. The number of rotatable bonds is 5. The highest BCUT2D eigenvalue weighted by molar-refractivity contribution is 6.01. The van der Waals surface area contributed by atoms with Crippen LogP contribution in [0.3, 0.4) is 0 Å². The minimum Gasteiger partial charge on any atom is -0.485 e. The number of fused-ring (bicyclic) bond motifs is 1. The predicted octanol–water partition coefficient (Wildman–Crippen LogP) is 4.02. The number of carbonyl (C=O) groups excluding carboxylic acids is 2. The van der Waals surface area contributed by atoms with E-state index in [0.717, 1.165) is 50.8 Å². The van der Waals surface area contributed by atoms with E-state index in [1.807, 2.05) is 18.2 Å². The number of nitrogens with zero attached hydrogens (tertiary/aromatic N) is 1. The second kappa shape index (κ2) is 9.95. The van der Waals surface area contributed by atoms with Crippen molar-refractivity contribution in [1.82, 2.24) is 10.4 Å². The van der Waals surface area contributed by atoms with Gasteiger partial charge in [-0.15, -0.1) is 0 Å². The van der Waals surface area contributed by atoms with Crippen molar-refractivity contribution in [3.63, 3.8) is 0 Å². The molecule has 7 nitrogen and oxygen atoms in total. The van der Waals surface area contributed by atoms with E-state index in [9.17, 15) is 9.59 Å². The Morgan fingerprint density at radius 1 is 1.15 bits per heavy atom. The summed E-state index contributed by atoms with van der Waals surface area (Å²) in [5.74, 6) is 0.429. The van der Waals surface area contributed by atoms with E-state index in [2.05, 4.69) is 10.4 Å². The number of likely N-dealkylation sites (tertiary alicyclic amines) is 1. The van der Waals surface area contributed by atoms with Crippen molar-refractivity contribution in [2.45, 2.75) is 82.1 Å². The molecule has 1 spiro atoms. The first kappa shape index (κ1) is 22.6. The van der Waals surface area contributed by atoms with Gasteiger partial charge in [0.25, 0.3) is 5.91 Å². The fourth-order valence-electron chi connectivity index (χ4n) is 5.69. The number of nitrogens with one attached hydrogen (secondary N) is 1. The van der Waals surface area contributed by atoms with Crippen LogP contribution in [-0.2, 0) is 14.4 Å². The summed E-state index contributed by atoms with van der Waals surface area (Å²) in [5.41, 5.74) is 3.39. The zero-order chi connectivity index (χ0) is 22.7. The van der Waals surface area contributed by atoms with Gasteiger partial charge in [-0.3, -0.25) is 14.5 Å². The molecule has 1 aromatic rings. The van der Waals surface area contributed by atoms with Gasteiger partial charge >= 0.3 is 0 Å². The van der Waals surface area contributed by atoms with Gasteiger partial charge in [0.05, 0.1) is 12.0 Å². The molecule has 1 aromatic carbocycles. The monoisotopic (exact) mass is 454 g/mol. The third kappa shape index (κ3) is 5.31. The maximum absolute atomic E-state index is 13.1. The number of ether oxygens (including phenoxy) is 2. The van der Waals surface area contributed by atoms with Crippen LogP contribution in [0.4, 0.5) is 0 Å². The minimum atomic E-state index is -0.402. The van der Waals surface area contributed by atoms with Gasteiger partial charge in [0.2, 0.25) is 0 Å². The lowest BCUT2D eigenvalue weighted by Gasteiger charge is -2.46. The first-order chi connectivity index (χ1) is 16.1. The summed E-state index contributed by atoms with van der Waals surface area (Å²) in [6.45, 7) is 2.61. The maximum atomic E-state index is 13.1. The van der Waals surface area contributed by atoms with Crippen LogP contribution < -0.4 is 10.2 Å². The lowest BCUT2D eigenvalue weighted by atomic mass is 9.82. The number of hydrogen-bond acceptors (Lipinski definition) is 6. The van der Waals surface area contributed by atoms with Gasteiger partial charge in [0.15, 0.2) is 12.1 Å². The van der Waals surface area contributed by atoms with E-state index in [1.165, 1.54) is 31.8 Å². The highest BCUT2D eigenvalue weighted by Crippen LogP contribution is 2.40. The number of hydroxylamine groups is 1. The molecule has 1 aliphatic carbocycles. The van der Waals surface area contributed by atoms with Crippen molar-refractivity contribution in [3.8, 4) is 5.75 Å². The van der Waals surface area contributed by atoms with Crippen molar-refractivity contribution in [2.75, 3.05) is 19.7 Å². The highest BCUT2D eigenvalue weighted by Gasteiger charge is 2.45. The van der Waals surface area contributed by atoms with Gasteiger partial charge in [-0.1, -0.05) is 18.9 Å². The standard InChI is InChI=1S/C26H34N2O5/c29-22-17-26(13-5-14-28(18-26)20-6-1-2-7-20)32-23-11-9-19(16-21(22)23)10-12-24(30)27-33-25-8-3-4-15-31-25/h9-12,16,20,25H,1-8,13-15,17-18H2,(H,27,30). The SMILES string of the molecule is O=C(C=Cc1ccc2c(c1)C(=O)CC1(CCCN(C3CCCC3)C1)O2)NOC1CCCCO1. The summed E-state index contributed by atoms with van der Waals surface area (Å²) in [6.07, 6.45) is 13.1. The van der Waals surface area contributed by atoms with Crippen molar-refractivity contribution in [3.05, 3.63) is 35.4 Å². The summed E-state index contributed by atoms with van der Waals surface area (Å²) in [5, 5.41) is 0. The van der Waals surface area contributed by atoms with Gasteiger partial charge in [-0.05, 0) is 68.8 Å². The molecular weight excluding hydrogens is 420 g/mol. The first-order valence-electron chi connectivity index (χ1n) is 12.5. The summed E-state index contributed by atoms with van der Waals surface area (Å²) in [7, 11) is 0.